The lowest BCUT2D eigenvalue weighted by Crippen LogP contribution is -1.89. The third-order valence-electron chi connectivity index (χ3n) is 4.21. The lowest BCUT2D eigenvalue weighted by atomic mass is 10.0. The van der Waals surface area contributed by atoms with E-state index in [0.29, 0.717) is 0 Å². The van der Waals surface area contributed by atoms with Crippen LogP contribution in [0.2, 0.25) is 0 Å². The molecule has 1 nitrogen and oxygen atoms in total. The molecule has 1 heteroatoms. The van der Waals surface area contributed by atoms with E-state index in [1.807, 2.05) is 6.92 Å². The Kier molecular flexibility index (Phi) is 16.1. The number of hydrogen-bond donors (Lipinski definition) is 0. The van der Waals surface area contributed by atoms with Crippen LogP contribution in [0.1, 0.15) is 110 Å². The average Bonchev–Trinajstić information content (AvgIpc) is 2.47. The maximum atomic E-state index is 8.69. The average molecular weight is 280 g/mol. The van der Waals surface area contributed by atoms with Crippen molar-refractivity contribution in [1.82, 2.24) is 0 Å². The summed E-state index contributed by atoms with van der Waals surface area (Å²) < 4.78 is 0. The standard InChI is InChI=1S/C19H37N/c1-3-4-5-6-7-8-9-10-11-12-13-14-15-16-17-19(2)18-20/h19H,3-17H2,1-2H3. The second-order valence-corrected chi connectivity index (χ2v) is 6.42. The van der Waals surface area contributed by atoms with Crippen LogP contribution in [0.4, 0.5) is 0 Å². The van der Waals surface area contributed by atoms with Gasteiger partial charge in [-0.2, -0.15) is 5.26 Å². The summed E-state index contributed by atoms with van der Waals surface area (Å²) in [5.74, 6) is 0.257. The zero-order valence-corrected chi connectivity index (χ0v) is 14.1. The Morgan fingerprint density at radius 1 is 0.650 bits per heavy atom. The molecule has 20 heavy (non-hydrogen) atoms. The molecule has 0 bridgehead atoms. The van der Waals surface area contributed by atoms with E-state index >= 15 is 0 Å². The first-order chi connectivity index (χ1) is 9.81. The summed E-state index contributed by atoms with van der Waals surface area (Å²) in [7, 11) is 0. The molecule has 0 saturated heterocycles. The summed E-state index contributed by atoms with van der Waals surface area (Å²) >= 11 is 0. The number of nitriles is 1. The molecule has 118 valence electrons. The van der Waals surface area contributed by atoms with Crippen LogP contribution in [0.25, 0.3) is 0 Å². The first-order valence-corrected chi connectivity index (χ1v) is 9.20. The summed E-state index contributed by atoms with van der Waals surface area (Å²) in [6, 6.07) is 2.31. The van der Waals surface area contributed by atoms with E-state index < -0.39 is 0 Å². The van der Waals surface area contributed by atoms with Crippen molar-refractivity contribution in [3.05, 3.63) is 0 Å². The molecule has 0 rings (SSSR count). The van der Waals surface area contributed by atoms with Gasteiger partial charge in [0, 0.05) is 5.92 Å². The molecule has 0 heterocycles. The van der Waals surface area contributed by atoms with Crippen LogP contribution in [0.15, 0.2) is 0 Å². The van der Waals surface area contributed by atoms with E-state index in [1.165, 1.54) is 89.9 Å². The Morgan fingerprint density at radius 3 is 1.35 bits per heavy atom. The Hall–Kier alpha value is -0.510. The van der Waals surface area contributed by atoms with E-state index in [2.05, 4.69) is 13.0 Å². The first kappa shape index (κ1) is 19.5. The van der Waals surface area contributed by atoms with Gasteiger partial charge >= 0.3 is 0 Å². The maximum absolute atomic E-state index is 8.69. The van der Waals surface area contributed by atoms with Gasteiger partial charge in [-0.1, -0.05) is 96.8 Å². The number of rotatable bonds is 15. The SMILES string of the molecule is CCCCCCCCCCCCCCCCC(C)C#N. The van der Waals surface area contributed by atoms with E-state index in [1.54, 1.807) is 0 Å². The fraction of sp³-hybridized carbons (Fsp3) is 0.947. The van der Waals surface area contributed by atoms with Crippen LogP contribution >= 0.6 is 0 Å². The molecular formula is C19H37N. The molecule has 0 aromatic heterocycles. The molecule has 0 amide bonds. The molecule has 0 aliphatic heterocycles. The molecule has 0 radical (unpaired) electrons. The fourth-order valence-electron chi connectivity index (χ4n) is 2.71. The minimum Gasteiger partial charge on any atom is -0.198 e. The zero-order chi connectivity index (χ0) is 14.9. The van der Waals surface area contributed by atoms with Crippen molar-refractivity contribution < 1.29 is 0 Å². The molecule has 0 aliphatic rings. The molecule has 0 aromatic carbocycles. The van der Waals surface area contributed by atoms with Gasteiger partial charge in [0.2, 0.25) is 0 Å². The molecule has 0 spiro atoms. The lowest BCUT2D eigenvalue weighted by molar-refractivity contribution is 0.521. The minimum atomic E-state index is 0.257. The van der Waals surface area contributed by atoms with Gasteiger partial charge < -0.3 is 0 Å². The van der Waals surface area contributed by atoms with Gasteiger partial charge in [-0.3, -0.25) is 0 Å². The van der Waals surface area contributed by atoms with Gasteiger partial charge in [-0.15, -0.1) is 0 Å². The summed E-state index contributed by atoms with van der Waals surface area (Å²) in [5.41, 5.74) is 0. The Balaban J connectivity index is 2.98. The normalized spacial score (nSPS) is 12.2. The second-order valence-electron chi connectivity index (χ2n) is 6.42. The van der Waals surface area contributed by atoms with Crippen molar-refractivity contribution in [2.45, 2.75) is 110 Å². The monoisotopic (exact) mass is 279 g/mol. The van der Waals surface area contributed by atoms with Crippen LogP contribution < -0.4 is 0 Å². The summed E-state index contributed by atoms with van der Waals surface area (Å²) in [6.45, 7) is 4.31. The number of unbranched alkanes of at least 4 members (excludes halogenated alkanes) is 13. The largest absolute Gasteiger partial charge is 0.198 e. The molecule has 1 unspecified atom stereocenters. The summed E-state index contributed by atoms with van der Waals surface area (Å²) in [5, 5.41) is 8.69. The van der Waals surface area contributed by atoms with Gasteiger partial charge in [0.05, 0.1) is 6.07 Å². The quantitative estimate of drug-likeness (QED) is 0.295. The van der Waals surface area contributed by atoms with Crippen molar-refractivity contribution in [3.63, 3.8) is 0 Å². The van der Waals surface area contributed by atoms with Gasteiger partial charge in [-0.05, 0) is 13.3 Å². The Morgan fingerprint density at radius 2 is 1.00 bits per heavy atom. The topological polar surface area (TPSA) is 23.8 Å². The van der Waals surface area contributed by atoms with Crippen LogP contribution in [0.5, 0.6) is 0 Å². The third kappa shape index (κ3) is 15.5. The summed E-state index contributed by atoms with van der Waals surface area (Å²) in [6.07, 6.45) is 20.8. The second kappa shape index (κ2) is 16.5. The molecule has 0 fully saturated rings. The Bertz CT molecular complexity index is 216. The van der Waals surface area contributed by atoms with E-state index in [0.717, 1.165) is 6.42 Å². The molecule has 0 aromatic rings. The fourth-order valence-corrected chi connectivity index (χ4v) is 2.71. The van der Waals surface area contributed by atoms with Crippen LogP contribution in [0.3, 0.4) is 0 Å². The number of hydrogen-bond acceptors (Lipinski definition) is 1. The van der Waals surface area contributed by atoms with Crippen molar-refractivity contribution in [3.8, 4) is 6.07 Å². The van der Waals surface area contributed by atoms with Crippen molar-refractivity contribution in [2.24, 2.45) is 5.92 Å². The van der Waals surface area contributed by atoms with E-state index in [4.69, 9.17) is 5.26 Å². The Labute approximate surface area is 128 Å². The van der Waals surface area contributed by atoms with Crippen LogP contribution in [0, 0.1) is 17.2 Å². The molecule has 0 aliphatic carbocycles. The van der Waals surface area contributed by atoms with Gasteiger partial charge in [0.25, 0.3) is 0 Å². The van der Waals surface area contributed by atoms with Crippen LogP contribution in [-0.4, -0.2) is 0 Å². The highest BCUT2D eigenvalue weighted by atomic mass is 14.3. The maximum Gasteiger partial charge on any atom is 0.0652 e. The smallest absolute Gasteiger partial charge is 0.0652 e. The van der Waals surface area contributed by atoms with Crippen molar-refractivity contribution in [1.29, 1.82) is 5.26 Å². The highest BCUT2D eigenvalue weighted by molar-refractivity contribution is 4.77. The lowest BCUT2D eigenvalue weighted by Gasteiger charge is -2.04. The summed E-state index contributed by atoms with van der Waals surface area (Å²) in [4.78, 5) is 0. The molecule has 0 N–H and O–H groups in total. The zero-order valence-electron chi connectivity index (χ0n) is 14.1. The predicted octanol–water partition coefficient (Wildman–Crippen LogP) is 7.02. The highest BCUT2D eigenvalue weighted by Gasteiger charge is 1.98. The first-order valence-electron chi connectivity index (χ1n) is 9.20. The minimum absolute atomic E-state index is 0.257. The molecule has 0 saturated carbocycles. The van der Waals surface area contributed by atoms with Crippen molar-refractivity contribution >= 4 is 0 Å². The molecular weight excluding hydrogens is 242 g/mol. The van der Waals surface area contributed by atoms with Gasteiger partial charge in [0.15, 0.2) is 0 Å². The predicted molar refractivity (Wildman–Crippen MR) is 89.7 cm³/mol. The third-order valence-corrected chi connectivity index (χ3v) is 4.21. The van der Waals surface area contributed by atoms with E-state index in [9.17, 15) is 0 Å². The van der Waals surface area contributed by atoms with Gasteiger partial charge in [-0.25, -0.2) is 0 Å². The highest BCUT2D eigenvalue weighted by Crippen LogP contribution is 2.14. The number of nitrogens with zero attached hydrogens (tertiary/aromatic N) is 1. The molecule has 1 atom stereocenters. The van der Waals surface area contributed by atoms with E-state index in [-0.39, 0.29) is 5.92 Å². The van der Waals surface area contributed by atoms with Crippen molar-refractivity contribution in [2.75, 3.05) is 0 Å². The van der Waals surface area contributed by atoms with Gasteiger partial charge in [0.1, 0.15) is 0 Å². The van der Waals surface area contributed by atoms with Crippen LogP contribution in [-0.2, 0) is 0 Å².